The Balaban J connectivity index is 0.00000364. The van der Waals surface area contributed by atoms with Gasteiger partial charge in [-0.25, -0.2) is 8.42 Å². The summed E-state index contributed by atoms with van der Waals surface area (Å²) in [5.74, 6) is 0.747. The van der Waals surface area contributed by atoms with Gasteiger partial charge in [0.2, 0.25) is 0 Å². The van der Waals surface area contributed by atoms with Crippen LogP contribution in [0.5, 0.6) is 0 Å². The monoisotopic (exact) mass is 508 g/mol. The molecule has 7 nitrogen and oxygen atoms in total. The minimum atomic E-state index is -2.97. The number of para-hydroxylation sites is 1. The Bertz CT molecular complexity index is 849. The standard InChI is InChI=1S/C18H28N4O3S.HI/c1-14-5-4-6-16-15(13-22-17(14)16)7-8-20-18(19-2)21-9-10-25-11-12-26(3,23)24;/h4-6,13,22H,7-12H2,1-3H3,(H2,19,20,21);1H. The van der Waals surface area contributed by atoms with Gasteiger partial charge < -0.3 is 20.4 Å². The lowest BCUT2D eigenvalue weighted by Crippen LogP contribution is -2.39. The number of H-pyrrole nitrogens is 1. The van der Waals surface area contributed by atoms with Gasteiger partial charge in [-0.1, -0.05) is 18.2 Å². The fourth-order valence-electron chi connectivity index (χ4n) is 2.66. The number of nitrogens with zero attached hydrogens (tertiary/aromatic N) is 1. The molecule has 27 heavy (non-hydrogen) atoms. The maximum Gasteiger partial charge on any atom is 0.191 e. The first-order valence-corrected chi connectivity index (χ1v) is 10.7. The van der Waals surface area contributed by atoms with E-state index in [1.54, 1.807) is 7.05 Å². The van der Waals surface area contributed by atoms with Crippen molar-refractivity contribution in [2.75, 3.05) is 45.4 Å². The third-order valence-corrected chi connectivity index (χ3v) is 4.97. The molecule has 3 N–H and O–H groups in total. The lowest BCUT2D eigenvalue weighted by molar-refractivity contribution is 0.154. The zero-order valence-corrected chi connectivity index (χ0v) is 19.2. The van der Waals surface area contributed by atoms with Gasteiger partial charge in [-0.05, 0) is 24.5 Å². The number of rotatable bonds is 9. The second kappa shape index (κ2) is 11.5. The number of sulfone groups is 1. The number of aryl methyl sites for hydroxylation is 1. The van der Waals surface area contributed by atoms with Crippen molar-refractivity contribution in [1.82, 2.24) is 15.6 Å². The molecule has 0 saturated heterocycles. The van der Waals surface area contributed by atoms with Gasteiger partial charge >= 0.3 is 0 Å². The number of aromatic nitrogens is 1. The van der Waals surface area contributed by atoms with E-state index in [9.17, 15) is 8.42 Å². The second-order valence-corrected chi connectivity index (χ2v) is 8.49. The predicted octanol–water partition coefficient (Wildman–Crippen LogP) is 1.86. The fraction of sp³-hybridized carbons (Fsp3) is 0.500. The number of ether oxygens (including phenoxy) is 1. The highest BCUT2D eigenvalue weighted by Crippen LogP contribution is 2.21. The molecule has 2 rings (SSSR count). The molecule has 0 radical (unpaired) electrons. The Morgan fingerprint density at radius 3 is 2.67 bits per heavy atom. The summed E-state index contributed by atoms with van der Waals surface area (Å²) in [4.78, 5) is 7.52. The molecule has 0 atom stereocenters. The summed E-state index contributed by atoms with van der Waals surface area (Å²) in [6.07, 6.45) is 4.15. The highest BCUT2D eigenvalue weighted by Gasteiger charge is 2.06. The maximum absolute atomic E-state index is 11.0. The molecule has 152 valence electrons. The SMILES string of the molecule is CN=C(NCCOCCS(C)(=O)=O)NCCc1c[nH]c2c(C)cccc12.I. The van der Waals surface area contributed by atoms with Crippen molar-refractivity contribution in [2.24, 2.45) is 4.99 Å². The number of hydrogen-bond donors (Lipinski definition) is 3. The molecule has 0 aliphatic heterocycles. The van der Waals surface area contributed by atoms with Crippen molar-refractivity contribution in [1.29, 1.82) is 0 Å². The zero-order chi connectivity index (χ0) is 19.0. The quantitative estimate of drug-likeness (QED) is 0.208. The van der Waals surface area contributed by atoms with Gasteiger partial charge in [0.25, 0.3) is 0 Å². The number of aliphatic imine (C=N–C) groups is 1. The first kappa shape index (κ1) is 23.7. The van der Waals surface area contributed by atoms with Crippen molar-refractivity contribution in [3.8, 4) is 0 Å². The molecular formula is C18H29IN4O3S. The summed E-state index contributed by atoms with van der Waals surface area (Å²) in [7, 11) is -1.25. The minimum absolute atomic E-state index is 0. The third-order valence-electron chi connectivity index (χ3n) is 4.06. The van der Waals surface area contributed by atoms with Crippen molar-refractivity contribution in [3.05, 3.63) is 35.5 Å². The van der Waals surface area contributed by atoms with Crippen LogP contribution in [0.15, 0.2) is 29.4 Å². The summed E-state index contributed by atoms with van der Waals surface area (Å²) < 4.78 is 27.3. The molecule has 9 heteroatoms. The van der Waals surface area contributed by atoms with E-state index in [1.807, 2.05) is 0 Å². The summed E-state index contributed by atoms with van der Waals surface area (Å²) in [6, 6.07) is 6.31. The number of fused-ring (bicyclic) bond motifs is 1. The average molecular weight is 508 g/mol. The van der Waals surface area contributed by atoms with Gasteiger partial charge in [0.05, 0.1) is 19.0 Å². The largest absolute Gasteiger partial charge is 0.379 e. The first-order valence-electron chi connectivity index (χ1n) is 8.66. The van der Waals surface area contributed by atoms with E-state index in [0.29, 0.717) is 19.1 Å². The van der Waals surface area contributed by atoms with Crippen LogP contribution in [-0.2, 0) is 21.0 Å². The molecule has 0 fully saturated rings. The topological polar surface area (TPSA) is 95.6 Å². The van der Waals surface area contributed by atoms with Crippen molar-refractivity contribution >= 4 is 50.7 Å². The minimum Gasteiger partial charge on any atom is -0.379 e. The zero-order valence-electron chi connectivity index (χ0n) is 16.0. The Morgan fingerprint density at radius 2 is 1.96 bits per heavy atom. The van der Waals surface area contributed by atoms with E-state index in [0.717, 1.165) is 13.0 Å². The number of halogens is 1. The molecular weight excluding hydrogens is 479 g/mol. The number of guanidine groups is 1. The van der Waals surface area contributed by atoms with E-state index >= 15 is 0 Å². The van der Waals surface area contributed by atoms with Gasteiger partial charge in [0.15, 0.2) is 5.96 Å². The van der Waals surface area contributed by atoms with Crippen LogP contribution in [0.3, 0.4) is 0 Å². The molecule has 1 aromatic heterocycles. The molecule has 1 heterocycles. The lowest BCUT2D eigenvalue weighted by Gasteiger charge is -2.12. The van der Waals surface area contributed by atoms with Crippen LogP contribution in [0.25, 0.3) is 10.9 Å². The van der Waals surface area contributed by atoms with Gasteiger partial charge in [-0.2, -0.15) is 0 Å². The highest BCUT2D eigenvalue weighted by atomic mass is 127. The molecule has 0 aliphatic carbocycles. The van der Waals surface area contributed by atoms with Crippen LogP contribution in [-0.4, -0.2) is 64.7 Å². The molecule has 1 aromatic carbocycles. The third kappa shape index (κ3) is 8.06. The van der Waals surface area contributed by atoms with E-state index in [-0.39, 0.29) is 36.3 Å². The van der Waals surface area contributed by atoms with Gasteiger partial charge in [-0.15, -0.1) is 24.0 Å². The number of nitrogens with one attached hydrogen (secondary N) is 3. The summed E-state index contributed by atoms with van der Waals surface area (Å²) in [5, 5.41) is 7.68. The van der Waals surface area contributed by atoms with E-state index in [2.05, 4.69) is 51.9 Å². The Labute approximate surface area is 178 Å². The van der Waals surface area contributed by atoms with Crippen molar-refractivity contribution < 1.29 is 13.2 Å². The predicted molar refractivity (Wildman–Crippen MR) is 122 cm³/mol. The highest BCUT2D eigenvalue weighted by molar-refractivity contribution is 14.0. The van der Waals surface area contributed by atoms with Gasteiger partial charge in [0.1, 0.15) is 9.84 Å². The summed E-state index contributed by atoms with van der Waals surface area (Å²) >= 11 is 0. The molecule has 0 unspecified atom stereocenters. The molecule has 0 spiro atoms. The molecule has 2 aromatic rings. The average Bonchev–Trinajstić information content (AvgIpc) is 3.00. The van der Waals surface area contributed by atoms with Crippen LogP contribution < -0.4 is 10.6 Å². The second-order valence-electron chi connectivity index (χ2n) is 6.23. The van der Waals surface area contributed by atoms with Crippen LogP contribution in [0.4, 0.5) is 0 Å². The Kier molecular flexibility index (Phi) is 10.1. The van der Waals surface area contributed by atoms with E-state index in [4.69, 9.17) is 4.74 Å². The summed E-state index contributed by atoms with van der Waals surface area (Å²) in [5.41, 5.74) is 3.71. The van der Waals surface area contributed by atoms with Gasteiger partial charge in [0, 0.05) is 43.5 Å². The van der Waals surface area contributed by atoms with Crippen molar-refractivity contribution in [3.63, 3.8) is 0 Å². The maximum atomic E-state index is 11.0. The van der Waals surface area contributed by atoms with Crippen molar-refractivity contribution in [2.45, 2.75) is 13.3 Å². The fourth-order valence-corrected chi connectivity index (χ4v) is 3.08. The molecule has 0 bridgehead atoms. The number of hydrogen-bond acceptors (Lipinski definition) is 4. The first-order chi connectivity index (χ1) is 12.4. The van der Waals surface area contributed by atoms with Crippen LogP contribution in [0.2, 0.25) is 0 Å². The van der Waals surface area contributed by atoms with Gasteiger partial charge in [-0.3, -0.25) is 4.99 Å². The normalized spacial score (nSPS) is 12.0. The number of benzene rings is 1. The molecule has 0 saturated carbocycles. The Hall–Kier alpha value is -1.33. The van der Waals surface area contributed by atoms with E-state index < -0.39 is 9.84 Å². The summed E-state index contributed by atoms with van der Waals surface area (Å²) in [6.45, 7) is 4.07. The molecule has 0 aliphatic rings. The van der Waals surface area contributed by atoms with Crippen LogP contribution in [0, 0.1) is 6.92 Å². The number of aromatic amines is 1. The molecule has 0 amide bonds. The van der Waals surface area contributed by atoms with E-state index in [1.165, 1.54) is 28.3 Å². The smallest absolute Gasteiger partial charge is 0.191 e. The van der Waals surface area contributed by atoms with Crippen LogP contribution in [0.1, 0.15) is 11.1 Å². The lowest BCUT2D eigenvalue weighted by atomic mass is 10.1. The van der Waals surface area contributed by atoms with Crippen LogP contribution >= 0.6 is 24.0 Å². The Morgan fingerprint density at radius 1 is 1.22 bits per heavy atom.